The van der Waals surface area contributed by atoms with Gasteiger partial charge in [0, 0.05) is 32.9 Å². The van der Waals surface area contributed by atoms with E-state index in [2.05, 4.69) is 240 Å². The first kappa shape index (κ1) is 35.4. The molecule has 0 unspecified atom stereocenters. The highest BCUT2D eigenvalue weighted by Gasteiger charge is 2.23. The predicted octanol–water partition coefficient (Wildman–Crippen LogP) is 16.4. The molecule has 3 aromatic heterocycles. The topological polar surface area (TPSA) is 23.0 Å². The van der Waals surface area contributed by atoms with Gasteiger partial charge in [-0.05, 0) is 117 Å². The van der Waals surface area contributed by atoms with Crippen LogP contribution >= 0.6 is 0 Å². The summed E-state index contributed by atoms with van der Waals surface area (Å²) in [4.78, 5) is 0. The van der Waals surface area contributed by atoms with Crippen molar-refractivity contribution >= 4 is 65.6 Å². The van der Waals surface area contributed by atoms with Crippen LogP contribution in [-0.2, 0) is 0 Å². The van der Waals surface area contributed by atoms with E-state index in [1.807, 2.05) is 0 Å². The number of hydrogen-bond acceptors (Lipinski definition) is 1. The van der Waals surface area contributed by atoms with Gasteiger partial charge < -0.3 is 13.6 Å². The Morgan fingerprint density at radius 2 is 0.540 bits per heavy atom. The Morgan fingerprint density at radius 1 is 0.238 bits per heavy atom. The first-order valence-corrected chi connectivity index (χ1v) is 21.6. The summed E-state index contributed by atoms with van der Waals surface area (Å²) in [6.07, 6.45) is 0. The Labute approximate surface area is 363 Å². The highest BCUT2D eigenvalue weighted by molar-refractivity contribution is 6.29. The summed E-state index contributed by atoms with van der Waals surface area (Å²) in [6.45, 7) is 0. The molecule has 0 aliphatic carbocycles. The molecule has 3 heteroatoms. The van der Waals surface area contributed by atoms with Gasteiger partial charge in [0.1, 0.15) is 11.2 Å². The molecule has 0 N–H and O–H groups in total. The van der Waals surface area contributed by atoms with Crippen LogP contribution in [-0.4, -0.2) is 9.13 Å². The van der Waals surface area contributed by atoms with Crippen molar-refractivity contribution in [2.45, 2.75) is 0 Å². The summed E-state index contributed by atoms with van der Waals surface area (Å²) in [5.74, 6) is 0. The number of para-hydroxylation sites is 2. The van der Waals surface area contributed by atoms with Gasteiger partial charge in [0.2, 0.25) is 0 Å². The first-order chi connectivity index (χ1) is 31.2. The van der Waals surface area contributed by atoms with Crippen molar-refractivity contribution in [2.24, 2.45) is 0 Å². The second kappa shape index (κ2) is 14.1. The molecule has 3 heterocycles. The van der Waals surface area contributed by atoms with Crippen LogP contribution in [0.1, 0.15) is 0 Å². The number of benzene rings is 10. The Bertz CT molecular complexity index is 3590. The average molecular weight is 803 g/mol. The summed E-state index contributed by atoms with van der Waals surface area (Å²) in [5, 5.41) is 6.77. The third-order valence-electron chi connectivity index (χ3n) is 12.9. The van der Waals surface area contributed by atoms with E-state index in [1.165, 1.54) is 44.5 Å². The largest absolute Gasteiger partial charge is 0.455 e. The van der Waals surface area contributed by atoms with Crippen LogP contribution in [0.2, 0.25) is 0 Å². The molecule has 0 spiro atoms. The molecule has 294 valence electrons. The minimum absolute atomic E-state index is 0.902. The quantitative estimate of drug-likeness (QED) is 0.164. The summed E-state index contributed by atoms with van der Waals surface area (Å²) in [5.41, 5.74) is 18.1. The summed E-state index contributed by atoms with van der Waals surface area (Å²) < 4.78 is 12.1. The monoisotopic (exact) mass is 802 g/mol. The molecule has 0 radical (unpaired) electrons. The number of nitrogens with zero attached hydrogens (tertiary/aromatic N) is 2. The maximum atomic E-state index is 7.39. The second-order valence-corrected chi connectivity index (χ2v) is 16.5. The van der Waals surface area contributed by atoms with E-state index >= 15 is 0 Å². The minimum atomic E-state index is 0.902. The van der Waals surface area contributed by atoms with E-state index in [-0.39, 0.29) is 0 Å². The van der Waals surface area contributed by atoms with E-state index in [9.17, 15) is 0 Å². The van der Waals surface area contributed by atoms with Crippen LogP contribution in [0.5, 0.6) is 0 Å². The minimum Gasteiger partial charge on any atom is -0.455 e. The molecule has 63 heavy (non-hydrogen) atoms. The predicted molar refractivity (Wildman–Crippen MR) is 264 cm³/mol. The van der Waals surface area contributed by atoms with Crippen LogP contribution in [0.25, 0.3) is 121 Å². The van der Waals surface area contributed by atoms with E-state index in [1.54, 1.807) is 0 Å². The molecule has 13 rings (SSSR count). The Hall–Kier alpha value is -8.40. The lowest BCUT2D eigenvalue weighted by molar-refractivity contribution is 0.677. The van der Waals surface area contributed by atoms with E-state index < -0.39 is 0 Å². The van der Waals surface area contributed by atoms with Crippen molar-refractivity contribution in [3.8, 4) is 55.9 Å². The maximum Gasteiger partial charge on any atom is 0.145 e. The molecule has 0 bridgehead atoms. The van der Waals surface area contributed by atoms with E-state index in [4.69, 9.17) is 4.42 Å². The van der Waals surface area contributed by atoms with Crippen molar-refractivity contribution in [1.29, 1.82) is 0 Å². The molecule has 0 aliphatic heterocycles. The van der Waals surface area contributed by atoms with Gasteiger partial charge in [-0.3, -0.25) is 0 Å². The van der Waals surface area contributed by atoms with E-state index in [0.717, 1.165) is 76.9 Å². The van der Waals surface area contributed by atoms with Crippen LogP contribution in [0.3, 0.4) is 0 Å². The summed E-state index contributed by atoms with van der Waals surface area (Å²) in [7, 11) is 0. The van der Waals surface area contributed by atoms with Crippen molar-refractivity contribution in [3.05, 3.63) is 231 Å². The van der Waals surface area contributed by atoms with Gasteiger partial charge in [-0.1, -0.05) is 158 Å². The number of aromatic nitrogens is 2. The molecular formula is C60H38N2O. The highest BCUT2D eigenvalue weighted by atomic mass is 16.3. The van der Waals surface area contributed by atoms with Crippen LogP contribution in [0, 0.1) is 0 Å². The van der Waals surface area contributed by atoms with Crippen molar-refractivity contribution < 1.29 is 4.42 Å². The van der Waals surface area contributed by atoms with Crippen LogP contribution in [0.15, 0.2) is 235 Å². The summed E-state index contributed by atoms with van der Waals surface area (Å²) >= 11 is 0. The fourth-order valence-corrected chi connectivity index (χ4v) is 9.94. The standard InChI is InChI=1S/C60H38N2O/c1-5-13-39(14-6-1)41-21-25-43(26-22-41)45-29-33-53-51(37-45)57-55(61(53)47-17-9-3-10-18-47)35-31-49-50-32-36-56-58(60(50)63-59(49)57)52-38-46(30-34-54(52)62(56)48-19-11-4-12-20-48)44-27-23-42(24-28-44)40-15-7-2-8-16-40/h1-38H. The molecule has 0 aliphatic rings. The molecule has 13 aromatic rings. The van der Waals surface area contributed by atoms with E-state index in [0.29, 0.717) is 0 Å². The molecule has 0 amide bonds. The zero-order valence-corrected chi connectivity index (χ0v) is 34.2. The fraction of sp³-hybridized carbons (Fsp3) is 0. The van der Waals surface area contributed by atoms with Gasteiger partial charge in [-0.2, -0.15) is 0 Å². The Morgan fingerprint density at radius 3 is 0.921 bits per heavy atom. The van der Waals surface area contributed by atoms with Gasteiger partial charge in [0.15, 0.2) is 0 Å². The molecule has 0 atom stereocenters. The number of hydrogen-bond donors (Lipinski definition) is 0. The Kier molecular flexibility index (Phi) is 7.91. The zero-order valence-electron chi connectivity index (χ0n) is 34.2. The van der Waals surface area contributed by atoms with Crippen LogP contribution in [0.4, 0.5) is 0 Å². The molecule has 0 saturated carbocycles. The van der Waals surface area contributed by atoms with Gasteiger partial charge in [0.25, 0.3) is 0 Å². The molecule has 10 aromatic carbocycles. The molecule has 3 nitrogen and oxygen atoms in total. The van der Waals surface area contributed by atoms with Crippen molar-refractivity contribution in [1.82, 2.24) is 9.13 Å². The van der Waals surface area contributed by atoms with Gasteiger partial charge in [-0.15, -0.1) is 0 Å². The van der Waals surface area contributed by atoms with Gasteiger partial charge in [-0.25, -0.2) is 0 Å². The molecule has 0 fully saturated rings. The molecule has 0 saturated heterocycles. The van der Waals surface area contributed by atoms with Crippen molar-refractivity contribution in [2.75, 3.05) is 0 Å². The maximum absolute atomic E-state index is 7.39. The number of fused-ring (bicyclic) bond motifs is 11. The normalized spacial score (nSPS) is 11.8. The van der Waals surface area contributed by atoms with Crippen molar-refractivity contribution in [3.63, 3.8) is 0 Å². The average Bonchev–Trinajstić information content (AvgIpc) is 4.02. The second-order valence-electron chi connectivity index (χ2n) is 16.5. The highest BCUT2D eigenvalue weighted by Crippen LogP contribution is 2.46. The SMILES string of the molecule is c1ccc(-c2ccc(-c3ccc4c(c3)c3c5oc6c(ccc7c6c6cc(-c8ccc(-c9ccccc9)cc8)ccc6n7-c6ccccc6)c5ccc3n4-c3ccccc3)cc2)cc1. The van der Waals surface area contributed by atoms with Crippen LogP contribution < -0.4 is 0 Å². The lowest BCUT2D eigenvalue weighted by atomic mass is 9.98. The van der Waals surface area contributed by atoms with Gasteiger partial charge >= 0.3 is 0 Å². The first-order valence-electron chi connectivity index (χ1n) is 21.6. The molecular weight excluding hydrogens is 765 g/mol. The number of furan rings is 1. The lowest BCUT2D eigenvalue weighted by Gasteiger charge is -2.08. The third-order valence-corrected chi connectivity index (χ3v) is 12.9. The lowest BCUT2D eigenvalue weighted by Crippen LogP contribution is -1.93. The van der Waals surface area contributed by atoms with Gasteiger partial charge in [0.05, 0.1) is 32.8 Å². The number of rotatable bonds is 6. The fourth-order valence-electron chi connectivity index (χ4n) is 9.94. The smallest absolute Gasteiger partial charge is 0.145 e. The Balaban J connectivity index is 1.06. The zero-order chi connectivity index (χ0) is 41.4. The summed E-state index contributed by atoms with van der Waals surface area (Å²) in [6, 6.07) is 83.2. The third kappa shape index (κ3) is 5.60.